The first-order valence-electron chi connectivity index (χ1n) is 31.6. The zero-order valence-corrected chi connectivity index (χ0v) is 51.7. The normalized spacial score (nSPS) is 52.6. The van der Waals surface area contributed by atoms with Gasteiger partial charge in [0.15, 0.2) is 37.4 Å². The predicted molar refractivity (Wildman–Crippen MR) is 298 cm³/mol. The fraction of sp³-hybridized carbons (Fsp3) is 0.934. The largest absolute Gasteiger partial charge is 0.464 e. The van der Waals surface area contributed by atoms with Crippen LogP contribution in [0.1, 0.15) is 127 Å². The van der Waals surface area contributed by atoms with Crippen molar-refractivity contribution in [2.45, 2.75) is 280 Å². The molecule has 10 aliphatic rings. The summed E-state index contributed by atoms with van der Waals surface area (Å²) in [4.78, 5) is 28.8. The van der Waals surface area contributed by atoms with E-state index in [2.05, 4.69) is 54.5 Å². The number of carbonyl (C=O) groups is 2. The van der Waals surface area contributed by atoms with Gasteiger partial charge in [-0.2, -0.15) is 0 Å². The molecule has 9 fully saturated rings. The predicted octanol–water partition coefficient (Wildman–Crippen LogP) is -1.97. The number of allylic oxidation sites excluding steroid dienone is 2. The maximum Gasteiger partial charge on any atom is 0.338 e. The number of aliphatic hydroxyl groups excluding tert-OH is 14. The highest BCUT2D eigenvalue weighted by atomic mass is 16.8. The van der Waals surface area contributed by atoms with E-state index in [0.29, 0.717) is 51.4 Å². The van der Waals surface area contributed by atoms with Crippen molar-refractivity contribution in [3.8, 4) is 0 Å². The molecule has 5 saturated heterocycles. The Kier molecular flexibility index (Phi) is 19.9. The van der Waals surface area contributed by atoms with E-state index in [9.17, 15) is 76.3 Å². The quantitative estimate of drug-likeness (QED) is 0.0509. The highest BCUT2D eigenvalue weighted by molar-refractivity contribution is 5.79. The van der Waals surface area contributed by atoms with Crippen LogP contribution in [0.15, 0.2) is 11.6 Å². The molecule has 0 aromatic rings. The average Bonchev–Trinajstić information content (AvgIpc) is 0.708. The summed E-state index contributed by atoms with van der Waals surface area (Å²) >= 11 is 0. The standard InChI is InChI=1S/C61H98O27/c1-10-78-49(76)45-41(72)42(73)48(87-52-46(39(70)34(65)25(2)80-52)86-51-44(75)38(69)36(67)29(22-62)81-51)54(84-45)83-33-14-15-58(7)31(57(33,5)6)13-16-60(9)32(58)12-11-26-27-21-56(3,4)17-19-61(27,20-18-59(26,60)8)55(77)88-53-47(40(71)37(68)30(23-63)82-53)85-50-43(74)35(66)28(64)24-79-50/h11,25,27-48,50-54,62-75H,10,12-24H2,1-9H3/t25-,27-,28+,29+,30+,31-,32+,33-,34-,35-,36+,37+,38-,39+,40-,41-,42-,43+,44+,45-,46+,47+,48+,50-,51-,52-,53-,54+,58-,59+,60+,61-/m0/s1. The third-order valence-electron chi connectivity index (χ3n) is 23.4. The summed E-state index contributed by atoms with van der Waals surface area (Å²) in [7, 11) is 0. The number of esters is 2. The molecule has 4 saturated carbocycles. The summed E-state index contributed by atoms with van der Waals surface area (Å²) in [6, 6.07) is 0. The Hall–Kier alpha value is -2.24. The van der Waals surface area contributed by atoms with E-state index >= 15 is 4.79 Å². The van der Waals surface area contributed by atoms with E-state index in [1.54, 1.807) is 6.92 Å². The highest BCUT2D eigenvalue weighted by Crippen LogP contribution is 2.76. The molecule has 504 valence electrons. The van der Waals surface area contributed by atoms with Crippen molar-refractivity contribution in [3.05, 3.63) is 11.6 Å². The molecule has 5 aliphatic heterocycles. The lowest BCUT2D eigenvalue weighted by Gasteiger charge is -2.71. The first kappa shape index (κ1) is 68.6. The second kappa shape index (κ2) is 25.5. The van der Waals surface area contributed by atoms with Gasteiger partial charge in [-0.1, -0.05) is 60.1 Å². The monoisotopic (exact) mass is 1260 g/mol. The number of ether oxygens (including phenoxy) is 11. The van der Waals surface area contributed by atoms with Gasteiger partial charge < -0.3 is 124 Å². The van der Waals surface area contributed by atoms with E-state index in [1.807, 2.05) is 0 Å². The molecule has 0 aromatic heterocycles. The third kappa shape index (κ3) is 11.6. The van der Waals surface area contributed by atoms with Crippen LogP contribution >= 0.6 is 0 Å². The molecule has 0 unspecified atom stereocenters. The van der Waals surface area contributed by atoms with E-state index in [1.165, 1.54) is 12.5 Å². The molecule has 0 amide bonds. The Labute approximate surface area is 512 Å². The molecule has 5 aliphatic carbocycles. The van der Waals surface area contributed by atoms with Crippen molar-refractivity contribution in [3.63, 3.8) is 0 Å². The first-order valence-corrected chi connectivity index (χ1v) is 31.6. The topological polar surface area (TPSA) is 419 Å². The van der Waals surface area contributed by atoms with Gasteiger partial charge in [0.2, 0.25) is 6.29 Å². The Morgan fingerprint density at radius 3 is 1.80 bits per heavy atom. The Balaban J connectivity index is 0.906. The molecule has 14 N–H and O–H groups in total. The summed E-state index contributed by atoms with van der Waals surface area (Å²) in [5, 5.41) is 152. The van der Waals surface area contributed by atoms with E-state index in [-0.39, 0.29) is 40.6 Å². The molecular weight excluding hydrogens is 1160 g/mol. The Morgan fingerprint density at radius 1 is 0.568 bits per heavy atom. The van der Waals surface area contributed by atoms with Crippen molar-refractivity contribution in [1.29, 1.82) is 0 Å². The van der Waals surface area contributed by atoms with Crippen LogP contribution in [-0.4, -0.2) is 263 Å². The minimum absolute atomic E-state index is 0.00665. The van der Waals surface area contributed by atoms with Gasteiger partial charge in [0.1, 0.15) is 97.7 Å². The van der Waals surface area contributed by atoms with Crippen LogP contribution in [-0.2, 0) is 61.7 Å². The van der Waals surface area contributed by atoms with E-state index in [0.717, 1.165) is 12.8 Å². The van der Waals surface area contributed by atoms with Gasteiger partial charge in [-0.05, 0) is 123 Å². The summed E-state index contributed by atoms with van der Waals surface area (Å²) in [5.74, 6) is -1.74. The second-order valence-corrected chi connectivity index (χ2v) is 29.1. The minimum Gasteiger partial charge on any atom is -0.464 e. The molecule has 0 aromatic carbocycles. The van der Waals surface area contributed by atoms with Crippen molar-refractivity contribution in [1.82, 2.24) is 0 Å². The lowest BCUT2D eigenvalue weighted by atomic mass is 9.33. The number of fused-ring (bicyclic) bond motifs is 7. The average molecular weight is 1260 g/mol. The molecule has 27 nitrogen and oxygen atoms in total. The molecule has 88 heavy (non-hydrogen) atoms. The van der Waals surface area contributed by atoms with Crippen molar-refractivity contribution >= 4 is 11.9 Å². The van der Waals surface area contributed by atoms with Crippen LogP contribution in [0.25, 0.3) is 0 Å². The van der Waals surface area contributed by atoms with Crippen LogP contribution in [0.5, 0.6) is 0 Å². The zero-order valence-electron chi connectivity index (χ0n) is 51.7. The Morgan fingerprint density at radius 2 is 1.14 bits per heavy atom. The van der Waals surface area contributed by atoms with Gasteiger partial charge in [-0.15, -0.1) is 0 Å². The molecule has 0 radical (unpaired) electrons. The van der Waals surface area contributed by atoms with Gasteiger partial charge in [-0.3, -0.25) is 4.79 Å². The van der Waals surface area contributed by atoms with Crippen LogP contribution in [0.4, 0.5) is 0 Å². The molecule has 10 rings (SSSR count). The van der Waals surface area contributed by atoms with Crippen molar-refractivity contribution in [2.75, 3.05) is 26.4 Å². The van der Waals surface area contributed by atoms with Crippen LogP contribution in [0, 0.1) is 50.2 Å². The fourth-order valence-electron chi connectivity index (χ4n) is 17.8. The molecule has 32 atom stereocenters. The number of hydrogen-bond acceptors (Lipinski definition) is 27. The lowest BCUT2D eigenvalue weighted by molar-refractivity contribution is -0.394. The second-order valence-electron chi connectivity index (χ2n) is 29.1. The molecular formula is C61H98O27. The summed E-state index contributed by atoms with van der Waals surface area (Å²) in [6.07, 6.45) is -32.7. The third-order valence-corrected chi connectivity index (χ3v) is 23.4. The van der Waals surface area contributed by atoms with E-state index in [4.69, 9.17) is 52.1 Å². The highest BCUT2D eigenvalue weighted by Gasteiger charge is 2.71. The first-order chi connectivity index (χ1) is 41.2. The zero-order chi connectivity index (χ0) is 64.3. The number of rotatable bonds is 14. The van der Waals surface area contributed by atoms with Gasteiger partial charge in [0.05, 0.1) is 44.1 Å². The van der Waals surface area contributed by atoms with Gasteiger partial charge >= 0.3 is 11.9 Å². The van der Waals surface area contributed by atoms with Crippen LogP contribution < -0.4 is 0 Å². The molecule has 0 bridgehead atoms. The Bertz CT molecular complexity index is 2490. The number of aliphatic hydroxyl groups is 14. The SMILES string of the molecule is CCOC(=O)[C@H]1O[C@@H](O[C@H]2CC[C@]3(C)[C@H]4CC=C5[C@@H]6CC(C)(C)CC[C@]6(C(=O)O[C@@H]6O[C@H](CO)[C@@H](O)[C@H](O)[C@H]6O[C@@H]6OC[C@@H](O)[C@H](O)[C@H]6O)CC[C@@]5(C)[C@]4(C)CC[C@H]3C2(C)C)[C@H](O[C@@H]2O[C@@H](C)[C@H](O)[C@@H](O)[C@H]2O[C@@H]2O[C@H](CO)[C@@H](O)[C@H](O)[C@H]2O)[C@@H](O)[C@@H]1O. The maximum atomic E-state index is 15.4. The summed E-state index contributed by atoms with van der Waals surface area (Å²) < 4.78 is 66.2. The van der Waals surface area contributed by atoms with Gasteiger partial charge in [0.25, 0.3) is 0 Å². The number of hydrogen-bond donors (Lipinski definition) is 14. The van der Waals surface area contributed by atoms with E-state index < -0.39 is 202 Å². The van der Waals surface area contributed by atoms with Crippen molar-refractivity contribution < 1.29 is 133 Å². The smallest absolute Gasteiger partial charge is 0.338 e. The maximum absolute atomic E-state index is 15.4. The van der Waals surface area contributed by atoms with Crippen LogP contribution in [0.3, 0.4) is 0 Å². The number of carbonyl (C=O) groups excluding carboxylic acids is 2. The fourth-order valence-corrected chi connectivity index (χ4v) is 17.8. The molecule has 5 heterocycles. The summed E-state index contributed by atoms with van der Waals surface area (Å²) in [6.45, 7) is 16.6. The van der Waals surface area contributed by atoms with Gasteiger partial charge in [0, 0.05) is 0 Å². The molecule has 27 heteroatoms. The minimum atomic E-state index is -1.95. The summed E-state index contributed by atoms with van der Waals surface area (Å²) in [5.41, 5.74) is -1.73. The van der Waals surface area contributed by atoms with Crippen molar-refractivity contribution in [2.24, 2.45) is 50.2 Å². The lowest BCUT2D eigenvalue weighted by Crippen LogP contribution is -2.68. The van der Waals surface area contributed by atoms with Crippen LogP contribution in [0.2, 0.25) is 0 Å². The van der Waals surface area contributed by atoms with Gasteiger partial charge in [-0.25, -0.2) is 4.79 Å². The molecule has 0 spiro atoms.